The Balaban J connectivity index is 3.55. The zero-order chi connectivity index (χ0) is 10.1. The van der Waals surface area contributed by atoms with Crippen molar-refractivity contribution < 1.29 is 4.74 Å². The third-order valence-corrected chi connectivity index (χ3v) is 2.69. The first-order valence-electron chi connectivity index (χ1n) is 5.86. The average Bonchev–Trinajstić information content (AvgIpc) is 2.14. The number of hydrogen-bond donors (Lipinski definition) is 0. The van der Waals surface area contributed by atoms with Crippen LogP contribution in [-0.2, 0) is 4.74 Å². The zero-order valence-corrected chi connectivity index (χ0v) is 9.81. The largest absolute Gasteiger partial charge is 0.379 e. The quantitative estimate of drug-likeness (QED) is 0.556. The van der Waals surface area contributed by atoms with Crippen LogP contribution in [-0.4, -0.2) is 12.7 Å². The van der Waals surface area contributed by atoms with E-state index in [0.717, 1.165) is 12.5 Å². The van der Waals surface area contributed by atoms with Crippen LogP contribution in [0.2, 0.25) is 0 Å². The number of rotatable bonds is 8. The molecule has 1 nitrogen and oxygen atoms in total. The molecule has 80 valence electrons. The second-order valence-corrected chi connectivity index (χ2v) is 3.96. The summed E-state index contributed by atoms with van der Waals surface area (Å²) in [5, 5.41) is 0. The normalized spacial score (nSPS) is 15.7. The fourth-order valence-corrected chi connectivity index (χ4v) is 1.54. The number of ether oxygens (including phenoxy) is 1. The molecule has 0 aromatic carbocycles. The molecule has 0 N–H and O–H groups in total. The summed E-state index contributed by atoms with van der Waals surface area (Å²) >= 11 is 0. The van der Waals surface area contributed by atoms with E-state index in [4.69, 9.17) is 4.74 Å². The molecule has 1 heteroatoms. The Labute approximate surface area is 83.9 Å². The van der Waals surface area contributed by atoms with Crippen molar-refractivity contribution in [1.29, 1.82) is 0 Å². The van der Waals surface area contributed by atoms with Gasteiger partial charge in [-0.1, -0.05) is 33.6 Å². The van der Waals surface area contributed by atoms with Gasteiger partial charge in [-0.25, -0.2) is 0 Å². The molecule has 2 atom stereocenters. The molecule has 13 heavy (non-hydrogen) atoms. The summed E-state index contributed by atoms with van der Waals surface area (Å²) in [5.74, 6) is 0.861. The maximum absolute atomic E-state index is 5.68. The molecule has 2 unspecified atom stereocenters. The molecular formula is C12H26O. The first-order valence-corrected chi connectivity index (χ1v) is 5.86. The van der Waals surface area contributed by atoms with Gasteiger partial charge < -0.3 is 4.74 Å². The lowest BCUT2D eigenvalue weighted by Crippen LogP contribution is -2.13. The van der Waals surface area contributed by atoms with Crippen LogP contribution in [0.3, 0.4) is 0 Å². The molecule has 0 aliphatic carbocycles. The molecule has 0 amide bonds. The summed E-state index contributed by atoms with van der Waals surface area (Å²) in [6, 6.07) is 0. The molecule has 0 heterocycles. The van der Waals surface area contributed by atoms with E-state index in [9.17, 15) is 0 Å². The summed E-state index contributed by atoms with van der Waals surface area (Å²) in [7, 11) is 0. The Kier molecular flexibility index (Phi) is 8.53. The molecule has 0 saturated carbocycles. The van der Waals surface area contributed by atoms with Gasteiger partial charge in [0.2, 0.25) is 0 Å². The summed E-state index contributed by atoms with van der Waals surface area (Å²) in [5.41, 5.74) is 0. The topological polar surface area (TPSA) is 9.23 Å². The molecular weight excluding hydrogens is 160 g/mol. The summed E-state index contributed by atoms with van der Waals surface area (Å²) in [6.45, 7) is 9.78. The van der Waals surface area contributed by atoms with E-state index in [1.807, 2.05) is 0 Å². The van der Waals surface area contributed by atoms with E-state index in [1.54, 1.807) is 0 Å². The van der Waals surface area contributed by atoms with Gasteiger partial charge in [0.25, 0.3) is 0 Å². The van der Waals surface area contributed by atoms with Gasteiger partial charge in [0.1, 0.15) is 0 Å². The summed E-state index contributed by atoms with van der Waals surface area (Å²) in [6.07, 6.45) is 6.85. The van der Waals surface area contributed by atoms with Gasteiger partial charge in [0.05, 0.1) is 6.10 Å². The van der Waals surface area contributed by atoms with Gasteiger partial charge in [-0.05, 0) is 32.1 Å². The minimum atomic E-state index is 0.518. The highest BCUT2D eigenvalue weighted by Crippen LogP contribution is 2.16. The molecule has 0 aliphatic rings. The maximum atomic E-state index is 5.68. The average molecular weight is 186 g/mol. The minimum absolute atomic E-state index is 0.518. The van der Waals surface area contributed by atoms with E-state index < -0.39 is 0 Å². The van der Waals surface area contributed by atoms with Crippen LogP contribution in [0, 0.1) is 5.92 Å². The highest BCUT2D eigenvalue weighted by Gasteiger charge is 2.08. The maximum Gasteiger partial charge on any atom is 0.0575 e. The molecule has 0 fully saturated rings. The standard InChI is InChI=1S/C12H26O/c1-5-8-12(13-7-3)10-9-11(4)6-2/h11-12H,5-10H2,1-4H3. The fraction of sp³-hybridized carbons (Fsp3) is 1.00. The molecule has 0 rings (SSSR count). The molecule has 0 saturated heterocycles. The second kappa shape index (κ2) is 8.55. The van der Waals surface area contributed by atoms with Gasteiger partial charge in [-0.15, -0.1) is 0 Å². The van der Waals surface area contributed by atoms with Crippen LogP contribution in [0.5, 0.6) is 0 Å². The van der Waals surface area contributed by atoms with Gasteiger partial charge in [0.15, 0.2) is 0 Å². The highest BCUT2D eigenvalue weighted by molar-refractivity contribution is 4.60. The monoisotopic (exact) mass is 186 g/mol. The van der Waals surface area contributed by atoms with Crippen molar-refractivity contribution in [3.8, 4) is 0 Å². The third-order valence-electron chi connectivity index (χ3n) is 2.69. The van der Waals surface area contributed by atoms with Crippen LogP contribution in [0.1, 0.15) is 59.8 Å². The SMILES string of the molecule is CCCC(CCC(C)CC)OCC. The molecule has 0 bridgehead atoms. The van der Waals surface area contributed by atoms with E-state index >= 15 is 0 Å². The van der Waals surface area contributed by atoms with E-state index in [-0.39, 0.29) is 0 Å². The summed E-state index contributed by atoms with van der Waals surface area (Å²) < 4.78 is 5.68. The molecule has 0 radical (unpaired) electrons. The smallest absolute Gasteiger partial charge is 0.0575 e. The molecule has 0 aromatic rings. The predicted molar refractivity (Wildman–Crippen MR) is 59.0 cm³/mol. The van der Waals surface area contributed by atoms with Crippen molar-refractivity contribution in [2.75, 3.05) is 6.61 Å². The Bertz CT molecular complexity index is 95.3. The lowest BCUT2D eigenvalue weighted by molar-refractivity contribution is 0.0460. The van der Waals surface area contributed by atoms with Crippen molar-refractivity contribution in [2.24, 2.45) is 5.92 Å². The zero-order valence-electron chi connectivity index (χ0n) is 9.81. The van der Waals surface area contributed by atoms with Crippen LogP contribution in [0.25, 0.3) is 0 Å². The van der Waals surface area contributed by atoms with Crippen molar-refractivity contribution in [2.45, 2.75) is 65.9 Å². The van der Waals surface area contributed by atoms with Crippen molar-refractivity contribution in [3.63, 3.8) is 0 Å². The molecule has 0 spiro atoms. The highest BCUT2D eigenvalue weighted by atomic mass is 16.5. The third kappa shape index (κ3) is 7.06. The van der Waals surface area contributed by atoms with E-state index in [1.165, 1.54) is 32.1 Å². The Morgan fingerprint density at radius 1 is 1.00 bits per heavy atom. The molecule has 0 aromatic heterocycles. The van der Waals surface area contributed by atoms with Gasteiger partial charge in [-0.2, -0.15) is 0 Å². The number of hydrogen-bond acceptors (Lipinski definition) is 1. The fourth-order valence-electron chi connectivity index (χ4n) is 1.54. The van der Waals surface area contributed by atoms with Crippen LogP contribution in [0.15, 0.2) is 0 Å². The summed E-state index contributed by atoms with van der Waals surface area (Å²) in [4.78, 5) is 0. The van der Waals surface area contributed by atoms with Gasteiger partial charge in [0, 0.05) is 6.61 Å². The van der Waals surface area contributed by atoms with Crippen LogP contribution in [0.4, 0.5) is 0 Å². The minimum Gasteiger partial charge on any atom is -0.379 e. The van der Waals surface area contributed by atoms with Crippen molar-refractivity contribution in [3.05, 3.63) is 0 Å². The lowest BCUT2D eigenvalue weighted by atomic mass is 9.99. The first-order chi connectivity index (χ1) is 6.24. The second-order valence-electron chi connectivity index (χ2n) is 3.96. The predicted octanol–water partition coefficient (Wildman–Crippen LogP) is 4.02. The van der Waals surface area contributed by atoms with Crippen LogP contribution < -0.4 is 0 Å². The van der Waals surface area contributed by atoms with Crippen molar-refractivity contribution in [1.82, 2.24) is 0 Å². The van der Waals surface area contributed by atoms with Crippen molar-refractivity contribution >= 4 is 0 Å². The van der Waals surface area contributed by atoms with E-state index in [0.29, 0.717) is 6.10 Å². The van der Waals surface area contributed by atoms with Crippen LogP contribution >= 0.6 is 0 Å². The Hall–Kier alpha value is -0.0400. The Morgan fingerprint density at radius 2 is 1.69 bits per heavy atom. The van der Waals surface area contributed by atoms with E-state index in [2.05, 4.69) is 27.7 Å². The Morgan fingerprint density at radius 3 is 2.15 bits per heavy atom. The molecule has 0 aliphatic heterocycles. The van der Waals surface area contributed by atoms with Gasteiger partial charge >= 0.3 is 0 Å². The lowest BCUT2D eigenvalue weighted by Gasteiger charge is -2.17. The first kappa shape index (κ1) is 13.0. The van der Waals surface area contributed by atoms with Gasteiger partial charge in [-0.3, -0.25) is 0 Å².